The molecular formula is C18H30N10O7. The van der Waals surface area contributed by atoms with Crippen LogP contribution in [-0.4, -0.2) is 102 Å². The molecule has 0 radical (unpaired) electrons. The lowest BCUT2D eigenvalue weighted by molar-refractivity contribution is -0.134. The molecule has 2 aliphatic heterocycles. The third kappa shape index (κ3) is 7.26. The van der Waals surface area contributed by atoms with Crippen molar-refractivity contribution in [1.82, 2.24) is 37.2 Å². The van der Waals surface area contributed by atoms with Crippen LogP contribution in [0.3, 0.4) is 0 Å². The molecule has 0 bridgehead atoms. The van der Waals surface area contributed by atoms with Gasteiger partial charge in [-0.15, -0.1) is 0 Å². The lowest BCUT2D eigenvalue weighted by Gasteiger charge is -2.33. The summed E-state index contributed by atoms with van der Waals surface area (Å²) in [4.78, 5) is 63.0. The van der Waals surface area contributed by atoms with E-state index in [4.69, 9.17) is 16.9 Å². The molecule has 0 aromatic heterocycles. The summed E-state index contributed by atoms with van der Waals surface area (Å²) in [6.07, 6.45) is 1.07. The van der Waals surface area contributed by atoms with E-state index in [1.165, 1.54) is 0 Å². The van der Waals surface area contributed by atoms with Crippen molar-refractivity contribution in [3.8, 4) is 0 Å². The standard InChI is InChI=1S/C18H30N10O7/c19-3-9-14(32)28-12(8-1-2-22-18(21)27-8)17(35)23-4-7(20)13(31)25-10(5-29)16(34)26-11(6-30)15(33)24-9/h3,7-8,10-12,29-30H,1-2,4-6,19-20H2,(H,23,35)(H,24,33)(H,25,31)(H,26,34)(H,28,32)(H3,21,22,27)/b9-3-/t7-,8?,10-,11-,12-/m0/s1. The first-order valence-electron chi connectivity index (χ1n) is 10.6. The van der Waals surface area contributed by atoms with Crippen molar-refractivity contribution in [2.45, 2.75) is 36.6 Å². The third-order valence-corrected chi connectivity index (χ3v) is 5.19. The number of aliphatic hydroxyl groups is 2. The van der Waals surface area contributed by atoms with E-state index in [0.717, 1.165) is 6.20 Å². The summed E-state index contributed by atoms with van der Waals surface area (Å²) >= 11 is 0. The summed E-state index contributed by atoms with van der Waals surface area (Å²) in [5, 5.41) is 43.5. The lowest BCUT2D eigenvalue weighted by atomic mass is 10.0. The predicted octanol–water partition coefficient (Wildman–Crippen LogP) is -7.31. The second kappa shape index (κ2) is 12.5. The van der Waals surface area contributed by atoms with E-state index in [0.29, 0.717) is 13.0 Å². The number of guanidine groups is 1. The zero-order valence-corrected chi connectivity index (χ0v) is 18.6. The molecule has 35 heavy (non-hydrogen) atoms. The second-order valence-electron chi connectivity index (χ2n) is 7.70. The molecule has 2 aliphatic rings. The first kappa shape index (κ1) is 27.3. The van der Waals surface area contributed by atoms with E-state index in [2.05, 4.69) is 37.2 Å². The van der Waals surface area contributed by atoms with Gasteiger partial charge in [0.15, 0.2) is 5.96 Å². The molecule has 0 aromatic rings. The van der Waals surface area contributed by atoms with E-state index >= 15 is 0 Å². The van der Waals surface area contributed by atoms with Gasteiger partial charge in [-0.1, -0.05) is 0 Å². The summed E-state index contributed by atoms with van der Waals surface area (Å²) in [5.41, 5.74) is 10.8. The van der Waals surface area contributed by atoms with Crippen molar-refractivity contribution in [2.75, 3.05) is 26.3 Å². The normalized spacial score (nSPS) is 30.7. The molecule has 14 N–H and O–H groups in total. The maximum atomic E-state index is 12.9. The van der Waals surface area contributed by atoms with Crippen LogP contribution in [0.15, 0.2) is 11.9 Å². The molecule has 17 heteroatoms. The van der Waals surface area contributed by atoms with Gasteiger partial charge >= 0.3 is 0 Å². The SMILES string of the molecule is N=C1NCCC([C@@H]2NC(=O)/C(=C/N)NC(=O)[C@H](CO)NC(=O)[C@H](CO)NC(=O)[C@@H](N)CNC2=O)N1. The van der Waals surface area contributed by atoms with Crippen LogP contribution in [0.4, 0.5) is 0 Å². The largest absolute Gasteiger partial charge is 0.403 e. The Labute approximate surface area is 199 Å². The third-order valence-electron chi connectivity index (χ3n) is 5.19. The number of carbonyl (C=O) groups is 5. The fraction of sp³-hybridized carbons (Fsp3) is 0.556. The van der Waals surface area contributed by atoms with Crippen LogP contribution >= 0.6 is 0 Å². The van der Waals surface area contributed by atoms with E-state index < -0.39 is 85.2 Å². The maximum Gasteiger partial charge on any atom is 0.270 e. The first-order valence-corrected chi connectivity index (χ1v) is 10.6. The number of nitrogens with two attached hydrogens (primary N) is 2. The van der Waals surface area contributed by atoms with Crippen LogP contribution in [0.2, 0.25) is 0 Å². The van der Waals surface area contributed by atoms with E-state index in [1.54, 1.807) is 0 Å². The van der Waals surface area contributed by atoms with E-state index in [-0.39, 0.29) is 5.96 Å². The summed E-state index contributed by atoms with van der Waals surface area (Å²) in [5.74, 6) is -4.76. The zero-order chi connectivity index (χ0) is 26.1. The van der Waals surface area contributed by atoms with Gasteiger partial charge in [-0.3, -0.25) is 29.4 Å². The number of rotatable bonds is 3. The minimum atomic E-state index is -1.58. The molecule has 2 saturated heterocycles. The molecule has 2 rings (SSSR count). The van der Waals surface area contributed by atoms with Gasteiger partial charge in [0.25, 0.3) is 5.91 Å². The van der Waals surface area contributed by atoms with Gasteiger partial charge < -0.3 is 58.9 Å². The van der Waals surface area contributed by atoms with Gasteiger partial charge in [-0.2, -0.15) is 0 Å². The quantitative estimate of drug-likeness (QED) is 0.162. The van der Waals surface area contributed by atoms with Crippen LogP contribution in [0.5, 0.6) is 0 Å². The van der Waals surface area contributed by atoms with Crippen molar-refractivity contribution < 1.29 is 34.2 Å². The highest BCUT2D eigenvalue weighted by Crippen LogP contribution is 2.05. The molecule has 5 amide bonds. The number of carbonyl (C=O) groups excluding carboxylic acids is 5. The number of hydrogen-bond donors (Lipinski definition) is 12. The van der Waals surface area contributed by atoms with Gasteiger partial charge in [0, 0.05) is 19.3 Å². The molecule has 17 nitrogen and oxygen atoms in total. The second-order valence-corrected chi connectivity index (χ2v) is 7.70. The summed E-state index contributed by atoms with van der Waals surface area (Å²) in [7, 11) is 0. The Balaban J connectivity index is 2.37. The van der Waals surface area contributed by atoms with Gasteiger partial charge in [-0.05, 0) is 6.42 Å². The van der Waals surface area contributed by atoms with Crippen molar-refractivity contribution >= 4 is 35.5 Å². The van der Waals surface area contributed by atoms with Crippen molar-refractivity contribution in [3.05, 3.63) is 11.9 Å². The Morgan fingerprint density at radius 1 is 0.886 bits per heavy atom. The van der Waals surface area contributed by atoms with Crippen molar-refractivity contribution in [3.63, 3.8) is 0 Å². The topological polar surface area (TPSA) is 286 Å². The maximum absolute atomic E-state index is 12.9. The van der Waals surface area contributed by atoms with Crippen LogP contribution in [-0.2, 0) is 24.0 Å². The molecule has 0 spiro atoms. The van der Waals surface area contributed by atoms with E-state index in [1.807, 2.05) is 0 Å². The molecule has 1 unspecified atom stereocenters. The number of aliphatic hydroxyl groups excluding tert-OH is 2. The Morgan fingerprint density at radius 2 is 1.51 bits per heavy atom. The van der Waals surface area contributed by atoms with Crippen LogP contribution in [0.25, 0.3) is 0 Å². The average molecular weight is 499 g/mol. The van der Waals surface area contributed by atoms with Gasteiger partial charge in [0.05, 0.1) is 19.3 Å². The molecule has 0 aromatic carbocycles. The molecule has 2 heterocycles. The Bertz CT molecular complexity index is 895. The summed E-state index contributed by atoms with van der Waals surface area (Å²) < 4.78 is 0. The smallest absolute Gasteiger partial charge is 0.270 e. The Kier molecular flexibility index (Phi) is 9.74. The van der Waals surface area contributed by atoms with Crippen LogP contribution in [0.1, 0.15) is 6.42 Å². The highest BCUT2D eigenvalue weighted by Gasteiger charge is 2.35. The van der Waals surface area contributed by atoms with Crippen LogP contribution in [0, 0.1) is 5.41 Å². The lowest BCUT2D eigenvalue weighted by Crippen LogP contribution is -2.65. The van der Waals surface area contributed by atoms with Gasteiger partial charge in [0.2, 0.25) is 23.6 Å². The fourth-order valence-electron chi connectivity index (χ4n) is 3.23. The Morgan fingerprint density at radius 3 is 2.11 bits per heavy atom. The molecular weight excluding hydrogens is 468 g/mol. The number of nitrogens with one attached hydrogen (secondary N) is 8. The molecule has 0 aliphatic carbocycles. The highest BCUT2D eigenvalue weighted by atomic mass is 16.3. The average Bonchev–Trinajstić information content (AvgIpc) is 2.84. The Hall–Kier alpha value is -3.96. The molecule has 5 atom stereocenters. The monoisotopic (exact) mass is 498 g/mol. The van der Waals surface area contributed by atoms with Gasteiger partial charge in [-0.25, -0.2) is 0 Å². The molecule has 2 fully saturated rings. The number of amides is 5. The van der Waals surface area contributed by atoms with E-state index in [9.17, 15) is 34.2 Å². The number of hydrogen-bond acceptors (Lipinski definition) is 10. The molecule has 0 saturated carbocycles. The minimum Gasteiger partial charge on any atom is -0.403 e. The summed E-state index contributed by atoms with van der Waals surface area (Å²) in [6.45, 7) is -1.82. The predicted molar refractivity (Wildman–Crippen MR) is 119 cm³/mol. The van der Waals surface area contributed by atoms with Crippen molar-refractivity contribution in [2.24, 2.45) is 11.5 Å². The van der Waals surface area contributed by atoms with Crippen LogP contribution < -0.4 is 48.7 Å². The fourth-order valence-corrected chi connectivity index (χ4v) is 3.23. The molecule has 194 valence electrons. The minimum absolute atomic E-state index is 0.0778. The van der Waals surface area contributed by atoms with Crippen molar-refractivity contribution in [1.29, 1.82) is 5.41 Å². The highest BCUT2D eigenvalue weighted by molar-refractivity contribution is 6.02. The summed E-state index contributed by atoms with van der Waals surface area (Å²) in [6, 6.07) is -6.47. The first-order chi connectivity index (χ1) is 16.6. The van der Waals surface area contributed by atoms with Gasteiger partial charge in [0.1, 0.15) is 29.9 Å². The zero-order valence-electron chi connectivity index (χ0n) is 18.6.